The van der Waals surface area contributed by atoms with Gasteiger partial charge >= 0.3 is 6.03 Å². The highest BCUT2D eigenvalue weighted by Gasteiger charge is 2.24. The molecule has 160 valence electrons. The first-order chi connectivity index (χ1) is 14.2. The predicted octanol–water partition coefficient (Wildman–Crippen LogP) is 5.18. The highest BCUT2D eigenvalue weighted by atomic mass is 79.9. The number of nitrogens with zero attached hydrogens (tertiary/aromatic N) is 2. The summed E-state index contributed by atoms with van der Waals surface area (Å²) in [5.74, 6) is 0.234. The van der Waals surface area contributed by atoms with E-state index in [1.165, 1.54) is 0 Å². The van der Waals surface area contributed by atoms with Crippen molar-refractivity contribution in [3.05, 3.63) is 53.0 Å². The fraction of sp³-hybridized carbons (Fsp3) is 0.391. The minimum atomic E-state index is -0.291. The molecule has 2 N–H and O–H groups in total. The summed E-state index contributed by atoms with van der Waals surface area (Å²) in [4.78, 5) is 28.9. The number of urea groups is 1. The van der Waals surface area contributed by atoms with Crippen LogP contribution in [0.15, 0.2) is 53.0 Å². The first-order valence-electron chi connectivity index (χ1n) is 10.2. The lowest BCUT2D eigenvalue weighted by Gasteiger charge is -2.37. The Labute approximate surface area is 186 Å². The van der Waals surface area contributed by atoms with Gasteiger partial charge < -0.3 is 20.4 Å². The van der Waals surface area contributed by atoms with Gasteiger partial charge in [-0.15, -0.1) is 0 Å². The van der Waals surface area contributed by atoms with Crippen molar-refractivity contribution < 1.29 is 9.59 Å². The number of rotatable bonds is 4. The Morgan fingerprint density at radius 3 is 2.17 bits per heavy atom. The van der Waals surface area contributed by atoms with Crippen molar-refractivity contribution in [2.24, 2.45) is 5.41 Å². The average Bonchev–Trinajstić information content (AvgIpc) is 2.69. The number of nitrogens with one attached hydrogen (secondary N) is 2. The van der Waals surface area contributed by atoms with Crippen molar-refractivity contribution in [3.8, 4) is 0 Å². The van der Waals surface area contributed by atoms with E-state index in [-0.39, 0.29) is 17.4 Å². The Morgan fingerprint density at radius 1 is 0.933 bits per heavy atom. The maximum Gasteiger partial charge on any atom is 0.323 e. The SMILES string of the molecule is CC(C)(C)CC(=O)N1CCN(c2ccc(NC(=O)Nc3ccccc3Br)cc2)CC1. The smallest absolute Gasteiger partial charge is 0.323 e. The van der Waals surface area contributed by atoms with Crippen LogP contribution >= 0.6 is 15.9 Å². The monoisotopic (exact) mass is 472 g/mol. The van der Waals surface area contributed by atoms with E-state index < -0.39 is 0 Å². The highest BCUT2D eigenvalue weighted by Crippen LogP contribution is 2.24. The summed E-state index contributed by atoms with van der Waals surface area (Å²) < 4.78 is 0.829. The lowest BCUT2D eigenvalue weighted by atomic mass is 9.91. The second-order valence-corrected chi connectivity index (χ2v) is 9.57. The number of hydrogen-bond donors (Lipinski definition) is 2. The van der Waals surface area contributed by atoms with E-state index in [1.807, 2.05) is 53.4 Å². The van der Waals surface area contributed by atoms with Crippen LogP contribution in [0.4, 0.5) is 21.9 Å². The molecular formula is C23H29BrN4O2. The molecule has 3 rings (SSSR count). The molecule has 0 radical (unpaired) electrons. The average molecular weight is 473 g/mol. The molecule has 7 heteroatoms. The largest absolute Gasteiger partial charge is 0.368 e. The van der Waals surface area contributed by atoms with Crippen LogP contribution in [0.25, 0.3) is 0 Å². The van der Waals surface area contributed by atoms with Crippen molar-refractivity contribution in [1.29, 1.82) is 0 Å². The number of carbonyl (C=O) groups excluding carboxylic acids is 2. The van der Waals surface area contributed by atoms with Gasteiger partial charge in [0.15, 0.2) is 0 Å². The second kappa shape index (κ2) is 9.51. The fourth-order valence-electron chi connectivity index (χ4n) is 3.38. The summed E-state index contributed by atoms with van der Waals surface area (Å²) >= 11 is 3.42. The molecule has 1 heterocycles. The molecular weight excluding hydrogens is 444 g/mol. The van der Waals surface area contributed by atoms with Crippen molar-refractivity contribution in [3.63, 3.8) is 0 Å². The van der Waals surface area contributed by atoms with Gasteiger partial charge in [0, 0.05) is 48.4 Å². The van der Waals surface area contributed by atoms with Crippen LogP contribution in [0.1, 0.15) is 27.2 Å². The molecule has 2 aromatic rings. The molecule has 0 aliphatic carbocycles. The summed E-state index contributed by atoms with van der Waals surface area (Å²) in [7, 11) is 0. The molecule has 0 unspecified atom stereocenters. The van der Waals surface area contributed by atoms with Gasteiger partial charge in [-0.3, -0.25) is 4.79 Å². The lowest BCUT2D eigenvalue weighted by molar-refractivity contribution is -0.133. The van der Waals surface area contributed by atoms with E-state index in [4.69, 9.17) is 0 Å². The number of anilines is 3. The number of piperazine rings is 1. The maximum absolute atomic E-state index is 12.4. The van der Waals surface area contributed by atoms with Gasteiger partial charge in [-0.25, -0.2) is 4.79 Å². The van der Waals surface area contributed by atoms with Gasteiger partial charge in [0.05, 0.1) is 5.69 Å². The van der Waals surface area contributed by atoms with E-state index in [0.29, 0.717) is 12.1 Å². The molecule has 0 atom stereocenters. The Hall–Kier alpha value is -2.54. The summed E-state index contributed by atoms with van der Waals surface area (Å²) in [6, 6.07) is 15.0. The Balaban J connectivity index is 1.51. The van der Waals surface area contributed by atoms with Gasteiger partial charge in [0.1, 0.15) is 0 Å². The molecule has 0 saturated carbocycles. The minimum absolute atomic E-state index is 0.0138. The zero-order chi connectivity index (χ0) is 21.7. The van der Waals surface area contributed by atoms with Crippen LogP contribution in [0.2, 0.25) is 0 Å². The molecule has 30 heavy (non-hydrogen) atoms. The van der Waals surface area contributed by atoms with Crippen LogP contribution in [0, 0.1) is 5.41 Å². The van der Waals surface area contributed by atoms with Gasteiger partial charge in [-0.05, 0) is 57.7 Å². The molecule has 3 amide bonds. The Bertz CT molecular complexity index is 885. The molecule has 2 aromatic carbocycles. The Morgan fingerprint density at radius 2 is 1.57 bits per heavy atom. The third kappa shape index (κ3) is 6.23. The second-order valence-electron chi connectivity index (χ2n) is 8.71. The molecule has 1 aliphatic heterocycles. The van der Waals surface area contributed by atoms with Crippen LogP contribution in [0.5, 0.6) is 0 Å². The molecule has 0 bridgehead atoms. The summed E-state index contributed by atoms with van der Waals surface area (Å²) in [5.41, 5.74) is 2.54. The molecule has 1 aliphatic rings. The molecule has 0 aromatic heterocycles. The van der Waals surface area contributed by atoms with Gasteiger partial charge in [0.25, 0.3) is 0 Å². The summed E-state index contributed by atoms with van der Waals surface area (Å²) in [5, 5.41) is 5.67. The van der Waals surface area contributed by atoms with Crippen molar-refractivity contribution in [2.45, 2.75) is 27.2 Å². The minimum Gasteiger partial charge on any atom is -0.368 e. The van der Waals surface area contributed by atoms with Gasteiger partial charge in [-0.2, -0.15) is 0 Å². The van der Waals surface area contributed by atoms with E-state index in [0.717, 1.165) is 42.0 Å². The maximum atomic E-state index is 12.4. The number of para-hydroxylation sites is 1. The zero-order valence-corrected chi connectivity index (χ0v) is 19.3. The number of amides is 3. The third-order valence-electron chi connectivity index (χ3n) is 4.93. The summed E-state index contributed by atoms with van der Waals surface area (Å²) in [6.45, 7) is 9.38. The zero-order valence-electron chi connectivity index (χ0n) is 17.7. The van der Waals surface area contributed by atoms with Crippen LogP contribution in [-0.4, -0.2) is 43.0 Å². The summed E-state index contributed by atoms with van der Waals surface area (Å²) in [6.07, 6.45) is 0.578. The van der Waals surface area contributed by atoms with Crippen molar-refractivity contribution in [1.82, 2.24) is 4.90 Å². The first kappa shape index (κ1) is 22.2. The third-order valence-corrected chi connectivity index (χ3v) is 5.62. The van der Waals surface area contributed by atoms with E-state index in [9.17, 15) is 9.59 Å². The predicted molar refractivity (Wildman–Crippen MR) is 126 cm³/mol. The number of carbonyl (C=O) groups is 2. The Kier molecular flexibility index (Phi) is 7.02. The normalized spacial score (nSPS) is 14.4. The van der Waals surface area contributed by atoms with Crippen LogP contribution < -0.4 is 15.5 Å². The highest BCUT2D eigenvalue weighted by molar-refractivity contribution is 9.10. The quantitative estimate of drug-likeness (QED) is 0.644. The number of halogens is 1. The van der Waals surface area contributed by atoms with Crippen LogP contribution in [-0.2, 0) is 4.79 Å². The fourth-order valence-corrected chi connectivity index (χ4v) is 3.77. The molecule has 0 spiro atoms. The number of benzene rings is 2. The van der Waals surface area contributed by atoms with Crippen LogP contribution in [0.3, 0.4) is 0 Å². The van der Waals surface area contributed by atoms with Gasteiger partial charge in [0.2, 0.25) is 5.91 Å². The molecule has 1 fully saturated rings. The van der Waals surface area contributed by atoms with Crippen molar-refractivity contribution in [2.75, 3.05) is 41.7 Å². The number of hydrogen-bond acceptors (Lipinski definition) is 3. The first-order valence-corrected chi connectivity index (χ1v) is 11.0. The van der Waals surface area contributed by atoms with E-state index in [2.05, 4.69) is 52.2 Å². The van der Waals surface area contributed by atoms with Gasteiger partial charge in [-0.1, -0.05) is 32.9 Å². The standard InChI is InChI=1S/C23H29BrN4O2/c1-23(2,3)16-21(29)28-14-12-27(13-15-28)18-10-8-17(9-11-18)25-22(30)26-20-7-5-4-6-19(20)24/h4-11H,12-16H2,1-3H3,(H2,25,26,30). The molecule has 1 saturated heterocycles. The van der Waals surface area contributed by atoms with E-state index >= 15 is 0 Å². The van der Waals surface area contributed by atoms with E-state index in [1.54, 1.807) is 0 Å². The van der Waals surface area contributed by atoms with Crippen molar-refractivity contribution >= 4 is 44.9 Å². The molecule has 6 nitrogen and oxygen atoms in total. The lowest BCUT2D eigenvalue weighted by Crippen LogP contribution is -2.49. The topological polar surface area (TPSA) is 64.7 Å².